The smallest absolute Gasteiger partial charge is 0.410 e. The van der Waals surface area contributed by atoms with Gasteiger partial charge in [-0.05, 0) is 38.5 Å². The number of aliphatic hydroxyl groups is 1. The molecule has 2 fully saturated rings. The van der Waals surface area contributed by atoms with E-state index in [9.17, 15) is 9.90 Å². The molecule has 2 heterocycles. The number of nitrogens with zero attached hydrogens (tertiary/aromatic N) is 1. The van der Waals surface area contributed by atoms with Crippen molar-refractivity contribution < 1.29 is 28.8 Å². The molecule has 7 heteroatoms. The number of ether oxygens (including phenoxy) is 4. The van der Waals surface area contributed by atoms with Crippen LogP contribution in [0.25, 0.3) is 0 Å². The van der Waals surface area contributed by atoms with Gasteiger partial charge < -0.3 is 24.1 Å². The molecule has 0 radical (unpaired) electrons. The quantitative estimate of drug-likeness (QED) is 0.870. The van der Waals surface area contributed by atoms with E-state index in [0.29, 0.717) is 37.6 Å². The van der Waals surface area contributed by atoms with Crippen LogP contribution in [-0.2, 0) is 15.1 Å². The summed E-state index contributed by atoms with van der Waals surface area (Å²) in [7, 11) is 3.16. The number of piperidine rings is 1. The second-order valence-electron chi connectivity index (χ2n) is 8.27. The normalized spacial score (nSPS) is 27.9. The standard InChI is InChI=1S/C20H29NO6/c1-19(2,3)27-18(22)21-14-9-20(23,10-15(21)12-26-11-14)13-6-16(24-4)8-17(7-13)25-5/h6-8,14-15,23H,9-12H2,1-5H3. The summed E-state index contributed by atoms with van der Waals surface area (Å²) < 4.78 is 21.9. The van der Waals surface area contributed by atoms with Crippen LogP contribution in [0.15, 0.2) is 18.2 Å². The van der Waals surface area contributed by atoms with Gasteiger partial charge in [-0.25, -0.2) is 4.79 Å². The van der Waals surface area contributed by atoms with E-state index in [0.717, 1.165) is 5.56 Å². The number of benzene rings is 1. The first kappa shape index (κ1) is 19.8. The highest BCUT2D eigenvalue weighted by Crippen LogP contribution is 2.43. The van der Waals surface area contributed by atoms with Gasteiger partial charge in [0, 0.05) is 18.9 Å². The van der Waals surface area contributed by atoms with Crippen molar-refractivity contribution in [3.05, 3.63) is 23.8 Å². The third kappa shape index (κ3) is 4.14. The zero-order valence-corrected chi connectivity index (χ0v) is 16.7. The number of amides is 1. The minimum atomic E-state index is -1.10. The van der Waals surface area contributed by atoms with E-state index in [-0.39, 0.29) is 18.2 Å². The van der Waals surface area contributed by atoms with Crippen LogP contribution in [0.4, 0.5) is 4.79 Å². The minimum absolute atomic E-state index is 0.255. The minimum Gasteiger partial charge on any atom is -0.497 e. The SMILES string of the molecule is COc1cc(OC)cc(C2(O)CC3COCC(C2)N3C(=O)OC(C)(C)C)c1. The van der Waals surface area contributed by atoms with Gasteiger partial charge in [-0.15, -0.1) is 0 Å². The van der Waals surface area contributed by atoms with Crippen LogP contribution >= 0.6 is 0 Å². The lowest BCUT2D eigenvalue weighted by molar-refractivity contribution is -0.141. The van der Waals surface area contributed by atoms with Gasteiger partial charge in [0.1, 0.15) is 17.1 Å². The molecule has 1 aromatic rings. The maximum atomic E-state index is 12.7. The highest BCUT2D eigenvalue weighted by molar-refractivity contribution is 5.69. The Bertz CT molecular complexity index is 662. The summed E-state index contributed by atoms with van der Waals surface area (Å²) in [5, 5.41) is 11.5. The third-order valence-corrected chi connectivity index (χ3v) is 5.05. The Labute approximate surface area is 160 Å². The molecule has 27 heavy (non-hydrogen) atoms. The van der Waals surface area contributed by atoms with E-state index in [4.69, 9.17) is 18.9 Å². The number of morpholine rings is 1. The molecule has 1 aromatic carbocycles. The largest absolute Gasteiger partial charge is 0.497 e. The number of carbonyl (C=O) groups is 1. The summed E-state index contributed by atoms with van der Waals surface area (Å²) in [5.41, 5.74) is -0.945. The van der Waals surface area contributed by atoms with Crippen molar-refractivity contribution in [2.24, 2.45) is 0 Å². The first-order valence-corrected chi connectivity index (χ1v) is 9.20. The van der Waals surface area contributed by atoms with Crippen molar-refractivity contribution in [3.8, 4) is 11.5 Å². The van der Waals surface area contributed by atoms with Crippen LogP contribution in [0.1, 0.15) is 39.2 Å². The molecule has 3 rings (SSSR count). The number of hydrogen-bond donors (Lipinski definition) is 1. The Balaban J connectivity index is 1.88. The van der Waals surface area contributed by atoms with E-state index >= 15 is 0 Å². The average molecular weight is 379 g/mol. The summed E-state index contributed by atoms with van der Waals surface area (Å²) in [5.74, 6) is 1.24. The number of methoxy groups -OCH3 is 2. The third-order valence-electron chi connectivity index (χ3n) is 5.05. The molecule has 7 nitrogen and oxygen atoms in total. The average Bonchev–Trinajstić information content (AvgIpc) is 2.58. The molecule has 2 atom stereocenters. The molecule has 1 N–H and O–H groups in total. The molecule has 2 saturated heterocycles. The Hall–Kier alpha value is -1.99. The molecule has 0 spiro atoms. The lowest BCUT2D eigenvalue weighted by Gasteiger charge is -2.51. The lowest BCUT2D eigenvalue weighted by atomic mass is 9.77. The first-order valence-electron chi connectivity index (χ1n) is 9.20. The van der Waals surface area contributed by atoms with Crippen molar-refractivity contribution in [1.82, 2.24) is 4.90 Å². The molecule has 150 valence electrons. The second kappa shape index (κ2) is 7.20. The molecule has 0 saturated carbocycles. The van der Waals surface area contributed by atoms with Gasteiger partial charge in [0.05, 0.1) is 45.1 Å². The maximum absolute atomic E-state index is 12.7. The summed E-state index contributed by atoms with van der Waals surface area (Å²) in [6, 6.07) is 4.90. The van der Waals surface area contributed by atoms with Crippen molar-refractivity contribution in [3.63, 3.8) is 0 Å². The van der Waals surface area contributed by atoms with Crippen LogP contribution in [0.3, 0.4) is 0 Å². The first-order chi connectivity index (χ1) is 12.6. The van der Waals surface area contributed by atoms with E-state index in [1.807, 2.05) is 32.9 Å². The highest BCUT2D eigenvalue weighted by Gasteiger charge is 2.50. The van der Waals surface area contributed by atoms with Crippen molar-refractivity contribution in [2.45, 2.75) is 56.9 Å². The predicted molar refractivity (Wildman–Crippen MR) is 99.1 cm³/mol. The molecule has 2 aliphatic rings. The van der Waals surface area contributed by atoms with Crippen molar-refractivity contribution in [1.29, 1.82) is 0 Å². The Kier molecular flexibility index (Phi) is 5.27. The fourth-order valence-corrected chi connectivity index (χ4v) is 3.90. The second-order valence-corrected chi connectivity index (χ2v) is 8.27. The van der Waals surface area contributed by atoms with Gasteiger partial charge in [0.2, 0.25) is 0 Å². The Morgan fingerprint density at radius 2 is 1.63 bits per heavy atom. The van der Waals surface area contributed by atoms with E-state index in [1.165, 1.54) is 0 Å². The van der Waals surface area contributed by atoms with Crippen LogP contribution in [-0.4, -0.2) is 61.2 Å². The van der Waals surface area contributed by atoms with E-state index in [1.54, 1.807) is 25.2 Å². The van der Waals surface area contributed by atoms with Crippen LogP contribution in [0.2, 0.25) is 0 Å². The zero-order valence-electron chi connectivity index (χ0n) is 16.7. The summed E-state index contributed by atoms with van der Waals surface area (Å²) in [4.78, 5) is 14.4. The van der Waals surface area contributed by atoms with Crippen LogP contribution in [0, 0.1) is 0 Å². The fraction of sp³-hybridized carbons (Fsp3) is 0.650. The van der Waals surface area contributed by atoms with Gasteiger partial charge >= 0.3 is 6.09 Å². The molecule has 2 bridgehead atoms. The lowest BCUT2D eigenvalue weighted by Crippen LogP contribution is -2.63. The Morgan fingerprint density at radius 3 is 2.07 bits per heavy atom. The van der Waals surface area contributed by atoms with Crippen LogP contribution < -0.4 is 9.47 Å². The van der Waals surface area contributed by atoms with Gasteiger partial charge in [0.15, 0.2) is 0 Å². The summed E-state index contributed by atoms with van der Waals surface area (Å²) in [6.45, 7) is 6.29. The topological polar surface area (TPSA) is 77.5 Å². The highest BCUT2D eigenvalue weighted by atomic mass is 16.6. The molecule has 1 amide bonds. The van der Waals surface area contributed by atoms with Crippen molar-refractivity contribution in [2.75, 3.05) is 27.4 Å². The molecule has 0 aliphatic carbocycles. The molecule has 0 aromatic heterocycles. The van der Waals surface area contributed by atoms with Gasteiger partial charge in [-0.3, -0.25) is 4.90 Å². The maximum Gasteiger partial charge on any atom is 0.410 e. The summed E-state index contributed by atoms with van der Waals surface area (Å²) >= 11 is 0. The molecular weight excluding hydrogens is 350 g/mol. The van der Waals surface area contributed by atoms with Gasteiger partial charge in [-0.2, -0.15) is 0 Å². The number of hydrogen-bond acceptors (Lipinski definition) is 6. The number of carbonyl (C=O) groups excluding carboxylic acids is 1. The molecule has 2 aliphatic heterocycles. The zero-order chi connectivity index (χ0) is 19.8. The monoisotopic (exact) mass is 379 g/mol. The van der Waals surface area contributed by atoms with E-state index in [2.05, 4.69) is 0 Å². The van der Waals surface area contributed by atoms with Crippen LogP contribution in [0.5, 0.6) is 11.5 Å². The Morgan fingerprint density at radius 1 is 1.11 bits per heavy atom. The molecule has 2 unspecified atom stereocenters. The fourth-order valence-electron chi connectivity index (χ4n) is 3.90. The predicted octanol–water partition coefficient (Wildman–Crippen LogP) is 2.69. The number of fused-ring (bicyclic) bond motifs is 2. The van der Waals surface area contributed by atoms with Crippen molar-refractivity contribution >= 4 is 6.09 Å². The van der Waals surface area contributed by atoms with Gasteiger partial charge in [-0.1, -0.05) is 0 Å². The molecular formula is C20H29NO6. The van der Waals surface area contributed by atoms with Gasteiger partial charge in [0.25, 0.3) is 0 Å². The van der Waals surface area contributed by atoms with E-state index < -0.39 is 11.2 Å². The number of rotatable bonds is 3. The summed E-state index contributed by atoms with van der Waals surface area (Å²) in [6.07, 6.45) is 0.365.